The van der Waals surface area contributed by atoms with Crippen LogP contribution in [0.25, 0.3) is 10.9 Å². The van der Waals surface area contributed by atoms with Crippen molar-refractivity contribution in [2.24, 2.45) is 0 Å². The topological polar surface area (TPSA) is 127 Å². The van der Waals surface area contributed by atoms with Gasteiger partial charge in [0.2, 0.25) is 17.7 Å². The molecule has 11 nitrogen and oxygen atoms in total. The van der Waals surface area contributed by atoms with Gasteiger partial charge in [-0.25, -0.2) is 4.39 Å². The predicted molar refractivity (Wildman–Crippen MR) is 158 cm³/mol. The lowest BCUT2D eigenvalue weighted by molar-refractivity contribution is -0.142. The number of benzene rings is 2. The molecule has 1 fully saturated rings. The number of amides is 4. The first kappa shape index (κ1) is 30.0. The third-order valence-corrected chi connectivity index (χ3v) is 8.16. The molecule has 0 aliphatic carbocycles. The number of hydrogen-bond acceptors (Lipinski definition) is 6. The van der Waals surface area contributed by atoms with Gasteiger partial charge < -0.3 is 35.1 Å². The van der Waals surface area contributed by atoms with Crippen LogP contribution in [0.15, 0.2) is 48.7 Å². The third kappa shape index (κ3) is 6.80. The summed E-state index contributed by atoms with van der Waals surface area (Å²) in [7, 11) is 3.01. The van der Waals surface area contributed by atoms with Gasteiger partial charge in [-0.2, -0.15) is 0 Å². The van der Waals surface area contributed by atoms with Gasteiger partial charge in [0.15, 0.2) is 0 Å². The summed E-state index contributed by atoms with van der Waals surface area (Å²) >= 11 is 0. The van der Waals surface area contributed by atoms with Crippen LogP contribution in [0, 0.1) is 5.82 Å². The molecule has 1 aromatic heterocycles. The van der Waals surface area contributed by atoms with Crippen LogP contribution in [0.5, 0.6) is 5.75 Å². The van der Waals surface area contributed by atoms with E-state index < -0.39 is 23.7 Å². The van der Waals surface area contributed by atoms with Crippen LogP contribution in [0.3, 0.4) is 0 Å². The summed E-state index contributed by atoms with van der Waals surface area (Å²) in [4.78, 5) is 61.0. The van der Waals surface area contributed by atoms with E-state index in [9.17, 15) is 23.6 Å². The monoisotopic (exact) mass is 592 g/mol. The number of ether oxygens (including phenoxy) is 1. The van der Waals surface area contributed by atoms with Crippen molar-refractivity contribution in [2.45, 2.75) is 31.3 Å². The number of aromatic nitrogens is 1. The summed E-state index contributed by atoms with van der Waals surface area (Å²) in [6, 6.07) is 10.2. The van der Waals surface area contributed by atoms with Gasteiger partial charge in [-0.05, 0) is 42.7 Å². The fraction of sp³-hybridized carbons (Fsp3) is 0.419. The molecule has 0 spiro atoms. The molecule has 228 valence electrons. The molecule has 3 aromatic rings. The highest BCUT2D eigenvalue weighted by atomic mass is 19.1. The molecule has 0 bridgehead atoms. The van der Waals surface area contributed by atoms with Crippen LogP contribution in [0.4, 0.5) is 4.39 Å². The van der Waals surface area contributed by atoms with Crippen molar-refractivity contribution in [2.75, 3.05) is 53.4 Å². The van der Waals surface area contributed by atoms with Gasteiger partial charge in [-0.3, -0.25) is 19.2 Å². The number of para-hydroxylation sites is 1. The summed E-state index contributed by atoms with van der Waals surface area (Å²) < 4.78 is 20.4. The Hall–Kier alpha value is -4.45. The summed E-state index contributed by atoms with van der Waals surface area (Å²) in [6.45, 7) is 1.75. The summed E-state index contributed by atoms with van der Waals surface area (Å²) in [5.74, 6) is -2.08. The standard InChI is InChI=1S/C31H37FN6O5/c1-36-18-29(40)38-14-13-33-17-22(38)19-43-27-9-7-21(32)15-24(27)31(42)37(2)26(8-10-28(36)39)30(41)34-12-11-20-16-35-25-6-4-3-5-23(20)25/h3-7,9,15-16,22,26,33,35H,8,10-14,17-19H2,1-2H3,(H,34,41)/t22-,26-/m0/s1. The summed E-state index contributed by atoms with van der Waals surface area (Å²) in [6.07, 6.45) is 2.40. The lowest BCUT2D eigenvalue weighted by Gasteiger charge is -2.37. The number of carbonyl (C=O) groups is 4. The molecule has 4 amide bonds. The van der Waals surface area contributed by atoms with Crippen molar-refractivity contribution in [3.05, 3.63) is 65.6 Å². The molecule has 12 heteroatoms. The molecule has 0 unspecified atom stereocenters. The first-order valence-electron chi connectivity index (χ1n) is 14.5. The number of carbonyl (C=O) groups excluding carboxylic acids is 4. The Morgan fingerprint density at radius 1 is 1.12 bits per heavy atom. The van der Waals surface area contributed by atoms with Gasteiger partial charge in [0.05, 0.1) is 18.2 Å². The van der Waals surface area contributed by atoms with Crippen molar-refractivity contribution >= 4 is 34.5 Å². The van der Waals surface area contributed by atoms with Crippen LogP contribution < -0.4 is 15.4 Å². The zero-order valence-corrected chi connectivity index (χ0v) is 24.4. The number of rotatable bonds is 4. The summed E-state index contributed by atoms with van der Waals surface area (Å²) in [5.41, 5.74) is 1.99. The van der Waals surface area contributed by atoms with Crippen molar-refractivity contribution in [1.29, 1.82) is 0 Å². The van der Waals surface area contributed by atoms with Crippen LogP contribution in [-0.2, 0) is 20.8 Å². The van der Waals surface area contributed by atoms with Crippen LogP contribution in [-0.4, -0.2) is 109 Å². The number of aromatic amines is 1. The first-order chi connectivity index (χ1) is 20.7. The highest BCUT2D eigenvalue weighted by Crippen LogP contribution is 2.24. The Morgan fingerprint density at radius 2 is 1.93 bits per heavy atom. The Balaban J connectivity index is 1.38. The Morgan fingerprint density at radius 3 is 2.77 bits per heavy atom. The van der Waals surface area contributed by atoms with Crippen molar-refractivity contribution in [1.82, 2.24) is 30.3 Å². The van der Waals surface area contributed by atoms with E-state index >= 15 is 0 Å². The molecule has 5 rings (SSSR count). The van der Waals surface area contributed by atoms with Gasteiger partial charge in [0, 0.05) is 63.8 Å². The molecule has 0 saturated carbocycles. The minimum Gasteiger partial charge on any atom is -0.491 e. The number of halogens is 1. The van der Waals surface area contributed by atoms with Gasteiger partial charge in [-0.15, -0.1) is 0 Å². The molecular weight excluding hydrogens is 555 g/mol. The minimum atomic E-state index is -1.03. The number of likely N-dealkylation sites (N-methyl/N-ethyl adjacent to an activating group) is 2. The SMILES string of the molecule is CN1CC(=O)N2CCNC[C@H]2COc2ccc(F)cc2C(=O)N(C)[C@H](C(=O)NCCc2c[nH]c3ccccc23)CCC1=O. The second-order valence-electron chi connectivity index (χ2n) is 11.0. The lowest BCUT2D eigenvalue weighted by atomic mass is 10.1. The highest BCUT2D eigenvalue weighted by Gasteiger charge is 2.33. The molecule has 3 heterocycles. The van der Waals surface area contributed by atoms with E-state index in [1.165, 1.54) is 29.0 Å². The smallest absolute Gasteiger partial charge is 0.258 e. The average Bonchev–Trinajstić information content (AvgIpc) is 3.42. The molecule has 2 aromatic carbocycles. The molecule has 43 heavy (non-hydrogen) atoms. The Bertz CT molecular complexity index is 1510. The minimum absolute atomic E-state index is 0.0142. The van der Waals surface area contributed by atoms with E-state index in [2.05, 4.69) is 15.6 Å². The van der Waals surface area contributed by atoms with Crippen molar-refractivity contribution in [3.8, 4) is 5.75 Å². The van der Waals surface area contributed by atoms with Crippen LogP contribution in [0.2, 0.25) is 0 Å². The first-order valence-corrected chi connectivity index (χ1v) is 14.5. The van der Waals surface area contributed by atoms with E-state index in [1.807, 2.05) is 30.5 Å². The Labute approximate surface area is 249 Å². The molecule has 1 saturated heterocycles. The van der Waals surface area contributed by atoms with Gasteiger partial charge >= 0.3 is 0 Å². The maximum atomic E-state index is 14.4. The fourth-order valence-electron chi connectivity index (χ4n) is 5.66. The Kier molecular flexibility index (Phi) is 9.24. The largest absolute Gasteiger partial charge is 0.491 e. The van der Waals surface area contributed by atoms with Crippen LogP contribution in [0.1, 0.15) is 28.8 Å². The zero-order chi connectivity index (χ0) is 30.5. The van der Waals surface area contributed by atoms with E-state index in [1.54, 1.807) is 11.9 Å². The predicted octanol–water partition coefficient (Wildman–Crippen LogP) is 1.54. The van der Waals surface area contributed by atoms with Gasteiger partial charge in [0.25, 0.3) is 5.91 Å². The second-order valence-corrected chi connectivity index (χ2v) is 11.0. The molecule has 3 N–H and O–H groups in total. The molecule has 2 atom stereocenters. The van der Waals surface area contributed by atoms with Crippen molar-refractivity contribution in [3.63, 3.8) is 0 Å². The van der Waals surface area contributed by atoms with Gasteiger partial charge in [0.1, 0.15) is 24.2 Å². The molecule has 2 aliphatic rings. The lowest BCUT2D eigenvalue weighted by Crippen LogP contribution is -2.57. The third-order valence-electron chi connectivity index (χ3n) is 8.16. The van der Waals surface area contributed by atoms with Gasteiger partial charge in [-0.1, -0.05) is 18.2 Å². The van der Waals surface area contributed by atoms with E-state index in [0.717, 1.165) is 22.5 Å². The number of nitrogens with one attached hydrogen (secondary N) is 3. The molecular formula is C31H37FN6O5. The van der Waals surface area contributed by atoms with Crippen LogP contribution >= 0.6 is 0 Å². The van der Waals surface area contributed by atoms with E-state index in [-0.39, 0.29) is 55.2 Å². The maximum absolute atomic E-state index is 14.4. The van der Waals surface area contributed by atoms with E-state index in [4.69, 9.17) is 4.74 Å². The number of nitrogens with zero attached hydrogens (tertiary/aromatic N) is 3. The second kappa shape index (κ2) is 13.2. The number of piperazine rings is 1. The average molecular weight is 593 g/mol. The number of fused-ring (bicyclic) bond motifs is 3. The maximum Gasteiger partial charge on any atom is 0.258 e. The number of H-pyrrole nitrogens is 1. The normalized spacial score (nSPS) is 20.6. The summed E-state index contributed by atoms with van der Waals surface area (Å²) in [5, 5.41) is 7.20. The molecule has 0 radical (unpaired) electrons. The van der Waals surface area contributed by atoms with E-state index in [0.29, 0.717) is 32.6 Å². The number of hydrogen-bond donors (Lipinski definition) is 3. The highest BCUT2D eigenvalue weighted by molar-refractivity contribution is 5.99. The fourth-order valence-corrected chi connectivity index (χ4v) is 5.66. The van der Waals surface area contributed by atoms with Crippen molar-refractivity contribution < 1.29 is 28.3 Å². The molecule has 2 aliphatic heterocycles. The zero-order valence-electron chi connectivity index (χ0n) is 24.4. The quantitative estimate of drug-likeness (QED) is 0.422.